The van der Waals surface area contributed by atoms with E-state index in [9.17, 15) is 18.8 Å². The van der Waals surface area contributed by atoms with E-state index >= 15 is 0 Å². The Morgan fingerprint density at radius 1 is 1.45 bits per heavy atom. The number of carbonyl (C=O) groups is 3. The molecule has 1 fully saturated rings. The quantitative estimate of drug-likeness (QED) is 0.648. The van der Waals surface area contributed by atoms with E-state index in [-0.39, 0.29) is 19.4 Å². The number of nitrogens with one attached hydrogen (secondary N) is 1. The van der Waals surface area contributed by atoms with Crippen molar-refractivity contribution in [2.24, 2.45) is 0 Å². The van der Waals surface area contributed by atoms with E-state index < -0.39 is 23.5 Å². The number of nitrogens with zero attached hydrogens (tertiary/aromatic N) is 1. The number of imide groups is 1. The average Bonchev–Trinajstić information content (AvgIpc) is 2.95. The summed E-state index contributed by atoms with van der Waals surface area (Å²) in [5, 5.41) is 4.06. The van der Waals surface area contributed by atoms with Crippen LogP contribution in [0.2, 0.25) is 0 Å². The number of ether oxygens (including phenoxy) is 1. The number of halogens is 1. The van der Waals surface area contributed by atoms with Crippen molar-refractivity contribution in [3.63, 3.8) is 0 Å². The molecule has 106 valence electrons. The Kier molecular flexibility index (Phi) is 2.79. The number of hydrogen-bond donors (Lipinski definition) is 1. The number of methoxy groups -OCH3 is 1. The predicted molar refractivity (Wildman–Crippen MR) is 67.0 cm³/mol. The van der Waals surface area contributed by atoms with Crippen molar-refractivity contribution in [3.8, 4) is 5.06 Å². The minimum absolute atomic E-state index is 0.0288. The zero-order valence-electron chi connectivity index (χ0n) is 10.6. The van der Waals surface area contributed by atoms with Gasteiger partial charge in [-0.05, 0) is 0 Å². The van der Waals surface area contributed by atoms with E-state index in [1.807, 2.05) is 5.32 Å². The van der Waals surface area contributed by atoms with Gasteiger partial charge in [0.25, 0.3) is 17.6 Å². The van der Waals surface area contributed by atoms with Crippen molar-refractivity contribution in [2.75, 3.05) is 7.11 Å². The lowest BCUT2D eigenvalue weighted by atomic mass is 10.0. The molecule has 1 N–H and O–H groups in total. The summed E-state index contributed by atoms with van der Waals surface area (Å²) in [6.07, 6.45) is -0.449. The van der Waals surface area contributed by atoms with Crippen molar-refractivity contribution in [3.05, 3.63) is 16.5 Å². The number of alkyl halides is 1. The molecule has 1 aromatic heterocycles. The Hall–Kier alpha value is -1.96. The van der Waals surface area contributed by atoms with E-state index in [2.05, 4.69) is 0 Å². The van der Waals surface area contributed by atoms with E-state index in [4.69, 9.17) is 4.74 Å². The zero-order chi connectivity index (χ0) is 14.5. The third-order valence-corrected chi connectivity index (χ3v) is 4.53. The first kappa shape index (κ1) is 13.0. The average molecular weight is 298 g/mol. The standard InChI is InChI=1S/C12H11FN2O4S/c1-19-10-6-4-15(9(17)7(6)5-20-10)12(13)3-2-8(16)14-11(12)18/h5H,2-4H2,1H3,(H,14,16,18)/t12-/m0/s1. The molecule has 0 unspecified atom stereocenters. The second-order valence-electron chi connectivity index (χ2n) is 4.65. The minimum atomic E-state index is -2.48. The van der Waals surface area contributed by atoms with Gasteiger partial charge < -0.3 is 4.74 Å². The van der Waals surface area contributed by atoms with Crippen LogP contribution in [0.3, 0.4) is 0 Å². The third-order valence-electron chi connectivity index (χ3n) is 3.54. The van der Waals surface area contributed by atoms with Gasteiger partial charge >= 0.3 is 0 Å². The highest BCUT2D eigenvalue weighted by atomic mass is 32.1. The van der Waals surface area contributed by atoms with Gasteiger partial charge in [0.1, 0.15) is 0 Å². The van der Waals surface area contributed by atoms with Crippen LogP contribution in [-0.2, 0) is 16.1 Å². The number of rotatable bonds is 2. The van der Waals surface area contributed by atoms with Crippen LogP contribution in [0.5, 0.6) is 5.06 Å². The molecule has 3 heterocycles. The van der Waals surface area contributed by atoms with Gasteiger partial charge in [-0.1, -0.05) is 0 Å². The van der Waals surface area contributed by atoms with E-state index in [0.717, 1.165) is 4.90 Å². The zero-order valence-corrected chi connectivity index (χ0v) is 11.4. The highest BCUT2D eigenvalue weighted by Crippen LogP contribution is 2.41. The SMILES string of the molecule is COc1scc2c1CN([C@@]1(F)CCC(=O)NC1=O)C2=O. The van der Waals surface area contributed by atoms with Crippen LogP contribution in [0.15, 0.2) is 5.38 Å². The third kappa shape index (κ3) is 1.64. The van der Waals surface area contributed by atoms with Crippen LogP contribution in [0.4, 0.5) is 4.39 Å². The fraction of sp³-hybridized carbons (Fsp3) is 0.417. The number of hydrogen-bond acceptors (Lipinski definition) is 5. The van der Waals surface area contributed by atoms with Gasteiger partial charge in [0, 0.05) is 23.8 Å². The molecule has 0 saturated carbocycles. The molecule has 0 spiro atoms. The van der Waals surface area contributed by atoms with Gasteiger partial charge in [0.2, 0.25) is 5.91 Å². The second kappa shape index (κ2) is 4.27. The van der Waals surface area contributed by atoms with Crippen molar-refractivity contribution in [1.82, 2.24) is 10.2 Å². The van der Waals surface area contributed by atoms with Crippen molar-refractivity contribution < 1.29 is 23.5 Å². The van der Waals surface area contributed by atoms with Crippen LogP contribution < -0.4 is 10.1 Å². The van der Waals surface area contributed by atoms with Crippen LogP contribution in [0.25, 0.3) is 0 Å². The molecule has 1 aromatic rings. The molecule has 2 aliphatic rings. The van der Waals surface area contributed by atoms with Gasteiger partial charge in [-0.25, -0.2) is 4.39 Å². The summed E-state index contributed by atoms with van der Waals surface area (Å²) in [5.74, 6) is -4.63. The monoisotopic (exact) mass is 298 g/mol. The lowest BCUT2D eigenvalue weighted by Gasteiger charge is -2.35. The Bertz CT molecular complexity index is 629. The fourth-order valence-electron chi connectivity index (χ4n) is 2.46. The molecule has 8 heteroatoms. The summed E-state index contributed by atoms with van der Waals surface area (Å²) >= 11 is 1.26. The van der Waals surface area contributed by atoms with E-state index in [1.165, 1.54) is 18.4 Å². The summed E-state index contributed by atoms with van der Waals surface area (Å²) in [7, 11) is 1.47. The molecule has 1 atom stereocenters. The maximum Gasteiger partial charge on any atom is 0.285 e. The minimum Gasteiger partial charge on any atom is -0.487 e. The first-order valence-electron chi connectivity index (χ1n) is 5.97. The number of amides is 3. The second-order valence-corrected chi connectivity index (χ2v) is 5.49. The summed E-state index contributed by atoms with van der Waals surface area (Å²) in [4.78, 5) is 36.0. The predicted octanol–water partition coefficient (Wildman–Crippen LogP) is 0.815. The molecule has 3 rings (SSSR count). The van der Waals surface area contributed by atoms with Crippen LogP contribution in [0.1, 0.15) is 28.8 Å². The van der Waals surface area contributed by atoms with E-state index in [0.29, 0.717) is 16.2 Å². The Morgan fingerprint density at radius 2 is 2.20 bits per heavy atom. The first-order chi connectivity index (χ1) is 9.47. The van der Waals surface area contributed by atoms with Gasteiger partial charge in [-0.15, -0.1) is 11.3 Å². The lowest BCUT2D eigenvalue weighted by molar-refractivity contribution is -0.154. The summed E-state index contributed by atoms with van der Waals surface area (Å²) in [5.41, 5.74) is 0.942. The normalized spacial score (nSPS) is 25.7. The van der Waals surface area contributed by atoms with Crippen molar-refractivity contribution in [2.45, 2.75) is 25.2 Å². The maximum atomic E-state index is 14.9. The van der Waals surface area contributed by atoms with Crippen LogP contribution in [0, 0.1) is 0 Å². The molecule has 0 bridgehead atoms. The Labute approximate surface area is 117 Å². The molecule has 6 nitrogen and oxygen atoms in total. The highest BCUT2D eigenvalue weighted by molar-refractivity contribution is 7.12. The molecule has 0 aromatic carbocycles. The van der Waals surface area contributed by atoms with Crippen LogP contribution in [-0.4, -0.2) is 35.5 Å². The Morgan fingerprint density at radius 3 is 2.85 bits per heavy atom. The van der Waals surface area contributed by atoms with Crippen LogP contribution >= 0.6 is 11.3 Å². The maximum absolute atomic E-state index is 14.9. The number of fused-ring (bicyclic) bond motifs is 1. The van der Waals surface area contributed by atoms with Gasteiger partial charge in [-0.2, -0.15) is 0 Å². The fourth-order valence-corrected chi connectivity index (χ4v) is 3.34. The first-order valence-corrected chi connectivity index (χ1v) is 6.85. The summed E-state index contributed by atoms with van der Waals surface area (Å²) < 4.78 is 20.0. The van der Waals surface area contributed by atoms with E-state index in [1.54, 1.807) is 5.38 Å². The Balaban J connectivity index is 1.93. The molecular weight excluding hydrogens is 287 g/mol. The number of carbonyl (C=O) groups excluding carboxylic acids is 3. The van der Waals surface area contributed by atoms with Gasteiger partial charge in [-0.3, -0.25) is 24.6 Å². The van der Waals surface area contributed by atoms with Gasteiger partial charge in [0.15, 0.2) is 5.06 Å². The molecular formula is C12H11FN2O4S. The molecule has 3 amide bonds. The van der Waals surface area contributed by atoms with Crippen molar-refractivity contribution in [1.29, 1.82) is 0 Å². The molecule has 0 radical (unpaired) electrons. The summed E-state index contributed by atoms with van der Waals surface area (Å²) in [6, 6.07) is 0. The number of piperidine rings is 1. The van der Waals surface area contributed by atoms with Crippen molar-refractivity contribution >= 4 is 29.1 Å². The van der Waals surface area contributed by atoms with Gasteiger partial charge in [0.05, 0.1) is 19.2 Å². The summed E-state index contributed by atoms with van der Waals surface area (Å²) in [6.45, 7) is -0.0288. The molecule has 2 aliphatic heterocycles. The smallest absolute Gasteiger partial charge is 0.285 e. The molecule has 1 saturated heterocycles. The topological polar surface area (TPSA) is 75.7 Å². The lowest BCUT2D eigenvalue weighted by Crippen LogP contribution is -2.60. The molecule has 0 aliphatic carbocycles. The largest absolute Gasteiger partial charge is 0.487 e. The number of thiophene rings is 1. The highest BCUT2D eigenvalue weighted by Gasteiger charge is 2.53. The molecule has 20 heavy (non-hydrogen) atoms.